The van der Waals surface area contributed by atoms with Crippen LogP contribution in [0, 0.1) is 5.92 Å². The second-order valence-electron chi connectivity index (χ2n) is 5.80. The Morgan fingerprint density at radius 2 is 1.96 bits per heavy atom. The lowest BCUT2D eigenvalue weighted by Crippen LogP contribution is -2.30. The molecule has 1 aliphatic rings. The third-order valence-electron chi connectivity index (χ3n) is 4.09. The van der Waals surface area contributed by atoms with Gasteiger partial charge < -0.3 is 15.8 Å². The molecule has 2 aromatic rings. The van der Waals surface area contributed by atoms with E-state index >= 15 is 0 Å². The van der Waals surface area contributed by atoms with E-state index < -0.39 is 0 Å². The van der Waals surface area contributed by atoms with Crippen molar-refractivity contribution in [2.24, 2.45) is 5.92 Å². The zero-order valence-electron chi connectivity index (χ0n) is 12.9. The second-order valence-corrected chi connectivity index (χ2v) is 6.21. The molecule has 1 unspecified atom stereocenters. The van der Waals surface area contributed by atoms with Crippen LogP contribution in [0.2, 0.25) is 5.02 Å². The van der Waals surface area contributed by atoms with Gasteiger partial charge in [0, 0.05) is 5.69 Å². The van der Waals surface area contributed by atoms with Crippen molar-refractivity contribution in [3.05, 3.63) is 58.6 Å². The Morgan fingerprint density at radius 3 is 2.52 bits per heavy atom. The van der Waals surface area contributed by atoms with Crippen molar-refractivity contribution >= 4 is 23.2 Å². The fourth-order valence-electron chi connectivity index (χ4n) is 2.65. The minimum atomic E-state index is -0.178. The van der Waals surface area contributed by atoms with Crippen LogP contribution in [0.4, 0.5) is 5.69 Å². The Morgan fingerprint density at radius 1 is 1.26 bits per heavy atom. The first-order chi connectivity index (χ1) is 11.1. The van der Waals surface area contributed by atoms with Gasteiger partial charge in [-0.3, -0.25) is 4.79 Å². The van der Waals surface area contributed by atoms with E-state index in [-0.39, 0.29) is 11.9 Å². The molecule has 2 aromatic carbocycles. The number of nitrogens with two attached hydrogens (primary N) is 1. The lowest BCUT2D eigenvalue weighted by Gasteiger charge is -2.19. The molecule has 1 amide bonds. The Balaban J connectivity index is 1.80. The number of benzene rings is 2. The van der Waals surface area contributed by atoms with Gasteiger partial charge in [-0.1, -0.05) is 23.7 Å². The Kier molecular flexibility index (Phi) is 4.44. The minimum Gasteiger partial charge on any atom is -0.497 e. The van der Waals surface area contributed by atoms with Crippen molar-refractivity contribution < 1.29 is 9.53 Å². The highest BCUT2D eigenvalue weighted by Crippen LogP contribution is 2.41. The molecule has 1 saturated carbocycles. The van der Waals surface area contributed by atoms with Gasteiger partial charge in [-0.05, 0) is 54.7 Å². The standard InChI is InChI=1S/C18H19ClN2O2/c1-23-14-7-4-12(5-8-14)17(11-2-3-11)21-18(22)15-9-6-13(20)10-16(15)19/h4-11,17H,2-3,20H2,1H3,(H,21,22). The summed E-state index contributed by atoms with van der Waals surface area (Å²) in [7, 11) is 1.64. The number of halogens is 1. The number of carbonyl (C=O) groups is 1. The first-order valence-corrected chi connectivity index (χ1v) is 7.96. The Labute approximate surface area is 140 Å². The van der Waals surface area contributed by atoms with E-state index in [1.54, 1.807) is 25.3 Å². The summed E-state index contributed by atoms with van der Waals surface area (Å²) in [5.74, 6) is 1.10. The van der Waals surface area contributed by atoms with Gasteiger partial charge in [-0.2, -0.15) is 0 Å². The zero-order chi connectivity index (χ0) is 16.4. The predicted octanol–water partition coefficient (Wildman–Crippen LogP) is 3.81. The van der Waals surface area contributed by atoms with E-state index in [0.29, 0.717) is 22.2 Å². The summed E-state index contributed by atoms with van der Waals surface area (Å²) in [6.07, 6.45) is 2.24. The third kappa shape index (κ3) is 3.59. The number of ether oxygens (including phenoxy) is 1. The molecule has 5 heteroatoms. The first-order valence-electron chi connectivity index (χ1n) is 7.58. The Bertz CT molecular complexity index is 711. The molecule has 120 valence electrons. The van der Waals surface area contributed by atoms with Crippen molar-refractivity contribution in [2.45, 2.75) is 18.9 Å². The summed E-state index contributed by atoms with van der Waals surface area (Å²) in [5.41, 5.74) is 7.74. The lowest BCUT2D eigenvalue weighted by atomic mass is 10.0. The van der Waals surface area contributed by atoms with Gasteiger partial charge in [-0.25, -0.2) is 0 Å². The van der Waals surface area contributed by atoms with Gasteiger partial charge in [0.1, 0.15) is 5.75 Å². The molecule has 1 aliphatic carbocycles. The Hall–Kier alpha value is -2.20. The SMILES string of the molecule is COc1ccc(C(NC(=O)c2ccc(N)cc2Cl)C2CC2)cc1. The number of carbonyl (C=O) groups excluding carboxylic acids is 1. The van der Waals surface area contributed by atoms with Gasteiger partial charge in [0.15, 0.2) is 0 Å². The van der Waals surface area contributed by atoms with Crippen LogP contribution >= 0.6 is 11.6 Å². The number of methoxy groups -OCH3 is 1. The minimum absolute atomic E-state index is 0.0120. The number of hydrogen-bond acceptors (Lipinski definition) is 3. The molecular weight excluding hydrogens is 312 g/mol. The van der Waals surface area contributed by atoms with E-state index in [2.05, 4.69) is 5.32 Å². The summed E-state index contributed by atoms with van der Waals surface area (Å²) in [6, 6.07) is 12.7. The number of rotatable bonds is 5. The van der Waals surface area contributed by atoms with Crippen LogP contribution in [0.15, 0.2) is 42.5 Å². The maximum Gasteiger partial charge on any atom is 0.253 e. The fraction of sp³-hybridized carbons (Fsp3) is 0.278. The molecule has 1 fully saturated rings. The van der Waals surface area contributed by atoms with Crippen molar-refractivity contribution in [1.82, 2.24) is 5.32 Å². The van der Waals surface area contributed by atoms with Crippen molar-refractivity contribution in [2.75, 3.05) is 12.8 Å². The van der Waals surface area contributed by atoms with E-state index in [1.165, 1.54) is 0 Å². The normalized spacial score (nSPS) is 15.0. The van der Waals surface area contributed by atoms with Crippen molar-refractivity contribution in [1.29, 1.82) is 0 Å². The molecule has 0 spiro atoms. The van der Waals surface area contributed by atoms with Crippen molar-refractivity contribution in [3.8, 4) is 5.75 Å². The van der Waals surface area contributed by atoms with Gasteiger partial charge in [0.25, 0.3) is 5.91 Å². The topological polar surface area (TPSA) is 64.3 Å². The van der Waals surface area contributed by atoms with Gasteiger partial charge in [0.05, 0.1) is 23.7 Å². The molecule has 0 bridgehead atoms. The molecule has 4 nitrogen and oxygen atoms in total. The highest BCUT2D eigenvalue weighted by Gasteiger charge is 2.33. The quantitative estimate of drug-likeness (QED) is 0.819. The second kappa shape index (κ2) is 6.50. The van der Waals surface area contributed by atoms with Crippen LogP contribution in [0.1, 0.15) is 34.8 Å². The number of amides is 1. The van der Waals surface area contributed by atoms with Crippen LogP contribution in [-0.2, 0) is 0 Å². The molecular formula is C18H19ClN2O2. The van der Waals surface area contributed by atoms with E-state index in [4.69, 9.17) is 22.1 Å². The van der Waals surface area contributed by atoms with E-state index in [0.717, 1.165) is 24.2 Å². The average molecular weight is 331 g/mol. The van der Waals surface area contributed by atoms with Gasteiger partial charge in [0.2, 0.25) is 0 Å². The molecule has 0 aliphatic heterocycles. The van der Waals surface area contributed by atoms with Crippen LogP contribution in [0.5, 0.6) is 5.75 Å². The summed E-state index contributed by atoms with van der Waals surface area (Å²) in [5, 5.41) is 3.47. The monoisotopic (exact) mass is 330 g/mol. The highest BCUT2D eigenvalue weighted by molar-refractivity contribution is 6.34. The molecule has 23 heavy (non-hydrogen) atoms. The third-order valence-corrected chi connectivity index (χ3v) is 4.41. The summed E-state index contributed by atoms with van der Waals surface area (Å²) >= 11 is 6.13. The lowest BCUT2D eigenvalue weighted by molar-refractivity contribution is 0.0932. The predicted molar refractivity (Wildman–Crippen MR) is 91.8 cm³/mol. The smallest absolute Gasteiger partial charge is 0.253 e. The molecule has 3 rings (SSSR count). The first kappa shape index (κ1) is 15.7. The van der Waals surface area contributed by atoms with Crippen molar-refractivity contribution in [3.63, 3.8) is 0 Å². The number of anilines is 1. The molecule has 3 N–H and O–H groups in total. The summed E-state index contributed by atoms with van der Waals surface area (Å²) < 4.78 is 5.19. The van der Waals surface area contributed by atoms with E-state index in [1.807, 2.05) is 24.3 Å². The van der Waals surface area contributed by atoms with Crippen LogP contribution in [-0.4, -0.2) is 13.0 Å². The maximum atomic E-state index is 12.6. The molecule has 0 radical (unpaired) electrons. The summed E-state index contributed by atoms with van der Waals surface area (Å²) in [4.78, 5) is 12.6. The molecule has 0 heterocycles. The summed E-state index contributed by atoms with van der Waals surface area (Å²) in [6.45, 7) is 0. The largest absolute Gasteiger partial charge is 0.497 e. The molecule has 1 atom stereocenters. The average Bonchev–Trinajstić information content (AvgIpc) is 3.37. The van der Waals surface area contributed by atoms with Gasteiger partial charge >= 0.3 is 0 Å². The van der Waals surface area contributed by atoms with E-state index in [9.17, 15) is 4.79 Å². The number of hydrogen-bond donors (Lipinski definition) is 2. The highest BCUT2D eigenvalue weighted by atomic mass is 35.5. The maximum absolute atomic E-state index is 12.6. The number of nitrogens with one attached hydrogen (secondary N) is 1. The van der Waals surface area contributed by atoms with Crippen LogP contribution in [0.25, 0.3) is 0 Å². The number of nitrogen functional groups attached to an aromatic ring is 1. The fourth-order valence-corrected chi connectivity index (χ4v) is 2.92. The zero-order valence-corrected chi connectivity index (χ0v) is 13.6. The molecule has 0 saturated heterocycles. The van der Waals surface area contributed by atoms with Crippen LogP contribution in [0.3, 0.4) is 0 Å². The van der Waals surface area contributed by atoms with Gasteiger partial charge in [-0.15, -0.1) is 0 Å². The molecule has 0 aromatic heterocycles. The van der Waals surface area contributed by atoms with Crippen LogP contribution < -0.4 is 15.8 Å².